The van der Waals surface area contributed by atoms with Gasteiger partial charge in [0.05, 0.1) is 25.6 Å². The maximum Gasteiger partial charge on any atom is 0.257 e. The lowest BCUT2D eigenvalue weighted by atomic mass is 10.0. The van der Waals surface area contributed by atoms with Crippen molar-refractivity contribution in [3.05, 3.63) is 54.0 Å². The molecule has 3 heterocycles. The number of carbonyl (C=O) groups is 1. The number of furan rings is 1. The van der Waals surface area contributed by atoms with Crippen molar-refractivity contribution >= 4 is 11.6 Å². The predicted molar refractivity (Wildman–Crippen MR) is 106 cm³/mol. The first-order valence-electron chi connectivity index (χ1n) is 9.62. The summed E-state index contributed by atoms with van der Waals surface area (Å²) < 4.78 is 10.9. The van der Waals surface area contributed by atoms with E-state index >= 15 is 0 Å². The number of ether oxygens (including phenoxy) is 1. The summed E-state index contributed by atoms with van der Waals surface area (Å²) in [4.78, 5) is 17.6. The third kappa shape index (κ3) is 3.95. The molecule has 0 bridgehead atoms. The lowest BCUT2D eigenvalue weighted by Gasteiger charge is -2.32. The SMILES string of the molecule is COc1ccc(C2=NN(C(=O)CN3CCN(C)CC3)[C@H](c3ccco3)C2)cc1. The van der Waals surface area contributed by atoms with Crippen LogP contribution in [0.5, 0.6) is 5.75 Å². The third-order valence-corrected chi connectivity index (χ3v) is 5.42. The Morgan fingerprint density at radius 3 is 2.57 bits per heavy atom. The van der Waals surface area contributed by atoms with E-state index in [9.17, 15) is 4.79 Å². The zero-order chi connectivity index (χ0) is 19.5. The monoisotopic (exact) mass is 382 g/mol. The molecule has 1 amide bonds. The van der Waals surface area contributed by atoms with Crippen molar-refractivity contribution in [1.82, 2.24) is 14.8 Å². The molecule has 1 fully saturated rings. The molecule has 0 N–H and O–H groups in total. The van der Waals surface area contributed by atoms with Crippen LogP contribution in [0.3, 0.4) is 0 Å². The predicted octanol–water partition coefficient (Wildman–Crippen LogP) is 2.21. The average molecular weight is 382 g/mol. The maximum absolute atomic E-state index is 13.1. The van der Waals surface area contributed by atoms with Crippen molar-refractivity contribution in [2.75, 3.05) is 46.9 Å². The smallest absolute Gasteiger partial charge is 0.257 e. The van der Waals surface area contributed by atoms with Crippen molar-refractivity contribution in [3.63, 3.8) is 0 Å². The minimum Gasteiger partial charge on any atom is -0.497 e. The second-order valence-corrected chi connectivity index (χ2v) is 7.33. The van der Waals surface area contributed by atoms with Crippen LogP contribution in [0.2, 0.25) is 0 Å². The molecule has 0 radical (unpaired) electrons. The van der Waals surface area contributed by atoms with Gasteiger partial charge in [0.1, 0.15) is 17.6 Å². The first-order chi connectivity index (χ1) is 13.6. The molecule has 1 aromatic carbocycles. The highest BCUT2D eigenvalue weighted by atomic mass is 16.5. The van der Waals surface area contributed by atoms with Crippen LogP contribution in [-0.4, -0.2) is 73.3 Å². The zero-order valence-corrected chi connectivity index (χ0v) is 16.4. The van der Waals surface area contributed by atoms with Gasteiger partial charge in [0.15, 0.2) is 0 Å². The molecule has 0 saturated carbocycles. The first-order valence-corrected chi connectivity index (χ1v) is 9.62. The van der Waals surface area contributed by atoms with E-state index in [2.05, 4.69) is 16.8 Å². The largest absolute Gasteiger partial charge is 0.497 e. The average Bonchev–Trinajstić information content (AvgIpc) is 3.39. The highest BCUT2D eigenvalue weighted by molar-refractivity contribution is 6.03. The summed E-state index contributed by atoms with van der Waals surface area (Å²) >= 11 is 0. The summed E-state index contributed by atoms with van der Waals surface area (Å²) in [5.41, 5.74) is 1.88. The Morgan fingerprint density at radius 1 is 1.18 bits per heavy atom. The van der Waals surface area contributed by atoms with Crippen molar-refractivity contribution in [3.8, 4) is 5.75 Å². The Kier molecular flexibility index (Phi) is 5.45. The fourth-order valence-electron chi connectivity index (χ4n) is 3.67. The van der Waals surface area contributed by atoms with Gasteiger partial charge in [-0.15, -0.1) is 0 Å². The van der Waals surface area contributed by atoms with Gasteiger partial charge in [-0.1, -0.05) is 0 Å². The first kappa shape index (κ1) is 18.7. The minimum absolute atomic E-state index is 0.00876. The molecule has 1 atom stereocenters. The number of likely N-dealkylation sites (N-methyl/N-ethyl adjacent to an activating group) is 1. The quantitative estimate of drug-likeness (QED) is 0.794. The van der Waals surface area contributed by atoms with E-state index in [1.165, 1.54) is 0 Å². The topological polar surface area (TPSA) is 61.5 Å². The Bertz CT molecular complexity index is 824. The molecule has 2 aliphatic rings. The summed E-state index contributed by atoms with van der Waals surface area (Å²) in [7, 11) is 3.76. The highest BCUT2D eigenvalue weighted by Gasteiger charge is 2.35. The molecular formula is C21H26N4O3. The van der Waals surface area contributed by atoms with Gasteiger partial charge in [0, 0.05) is 32.6 Å². The van der Waals surface area contributed by atoms with Gasteiger partial charge in [-0.05, 0) is 49.0 Å². The summed E-state index contributed by atoms with van der Waals surface area (Å²) in [6.45, 7) is 4.14. The number of hydrogen-bond acceptors (Lipinski definition) is 6. The van der Waals surface area contributed by atoms with Crippen LogP contribution in [0.25, 0.3) is 0 Å². The van der Waals surface area contributed by atoms with Crippen LogP contribution in [0.4, 0.5) is 0 Å². The van der Waals surface area contributed by atoms with Crippen molar-refractivity contribution < 1.29 is 13.9 Å². The van der Waals surface area contributed by atoms with Crippen LogP contribution in [0.15, 0.2) is 52.2 Å². The number of nitrogens with zero attached hydrogens (tertiary/aromatic N) is 4. The van der Waals surface area contributed by atoms with Crippen molar-refractivity contribution in [2.24, 2.45) is 5.10 Å². The number of benzene rings is 1. The molecular weight excluding hydrogens is 356 g/mol. The van der Waals surface area contributed by atoms with Gasteiger partial charge >= 0.3 is 0 Å². The van der Waals surface area contributed by atoms with Crippen LogP contribution < -0.4 is 4.74 Å². The molecule has 28 heavy (non-hydrogen) atoms. The molecule has 2 aromatic rings. The van der Waals surface area contributed by atoms with Crippen LogP contribution >= 0.6 is 0 Å². The fourth-order valence-corrected chi connectivity index (χ4v) is 3.67. The van der Waals surface area contributed by atoms with E-state index in [-0.39, 0.29) is 11.9 Å². The lowest BCUT2D eigenvalue weighted by Crippen LogP contribution is -2.48. The number of carbonyl (C=O) groups excluding carboxylic acids is 1. The van der Waals surface area contributed by atoms with E-state index in [4.69, 9.17) is 14.3 Å². The second-order valence-electron chi connectivity index (χ2n) is 7.33. The fraction of sp³-hybridized carbons (Fsp3) is 0.429. The number of amides is 1. The number of hydrogen-bond donors (Lipinski definition) is 0. The molecule has 2 aliphatic heterocycles. The van der Waals surface area contributed by atoms with Crippen LogP contribution in [0, 0.1) is 0 Å². The zero-order valence-electron chi connectivity index (χ0n) is 16.4. The molecule has 7 heteroatoms. The standard InChI is InChI=1S/C21H26N4O3/c1-23-9-11-24(12-10-23)15-21(26)25-19(20-4-3-13-28-20)14-18(22-25)16-5-7-17(27-2)8-6-16/h3-8,13,19H,9-12,14-15H2,1-2H3/t19-/m0/s1. The summed E-state index contributed by atoms with van der Waals surface area (Å²) in [5, 5.41) is 6.30. The summed E-state index contributed by atoms with van der Waals surface area (Å²) in [6, 6.07) is 11.3. The minimum atomic E-state index is -0.202. The van der Waals surface area contributed by atoms with Crippen molar-refractivity contribution in [2.45, 2.75) is 12.5 Å². The molecule has 1 aromatic heterocycles. The number of hydrazone groups is 1. The lowest BCUT2D eigenvalue weighted by molar-refractivity contribution is -0.135. The Morgan fingerprint density at radius 2 is 1.93 bits per heavy atom. The van der Waals surface area contributed by atoms with Gasteiger partial charge in [-0.2, -0.15) is 5.10 Å². The van der Waals surface area contributed by atoms with E-state index in [0.29, 0.717) is 13.0 Å². The third-order valence-electron chi connectivity index (χ3n) is 5.42. The van der Waals surface area contributed by atoms with Crippen LogP contribution in [-0.2, 0) is 4.79 Å². The van der Waals surface area contributed by atoms with Gasteiger partial charge in [0.25, 0.3) is 5.91 Å². The van der Waals surface area contributed by atoms with Crippen LogP contribution in [0.1, 0.15) is 23.8 Å². The van der Waals surface area contributed by atoms with E-state index in [1.54, 1.807) is 18.4 Å². The number of rotatable bonds is 5. The Hall–Kier alpha value is -2.64. The molecule has 0 aliphatic carbocycles. The van der Waals surface area contributed by atoms with Gasteiger partial charge in [0.2, 0.25) is 0 Å². The van der Waals surface area contributed by atoms with Gasteiger partial charge in [-0.3, -0.25) is 9.69 Å². The van der Waals surface area contributed by atoms with E-state index in [1.807, 2.05) is 36.4 Å². The van der Waals surface area contributed by atoms with Gasteiger partial charge < -0.3 is 14.1 Å². The molecule has 148 valence electrons. The molecule has 1 saturated heterocycles. The normalized spacial score (nSPS) is 21.0. The highest BCUT2D eigenvalue weighted by Crippen LogP contribution is 2.33. The molecule has 4 rings (SSSR count). The molecule has 7 nitrogen and oxygen atoms in total. The number of methoxy groups -OCH3 is 1. The second kappa shape index (κ2) is 8.16. The maximum atomic E-state index is 13.1. The summed E-state index contributed by atoms with van der Waals surface area (Å²) in [6.07, 6.45) is 2.28. The molecule has 0 spiro atoms. The Balaban J connectivity index is 1.53. The number of piperazine rings is 1. The van der Waals surface area contributed by atoms with Gasteiger partial charge in [-0.25, -0.2) is 5.01 Å². The molecule has 0 unspecified atom stereocenters. The van der Waals surface area contributed by atoms with E-state index < -0.39 is 0 Å². The van der Waals surface area contributed by atoms with Crippen molar-refractivity contribution in [1.29, 1.82) is 0 Å². The Labute approximate surface area is 165 Å². The van der Waals surface area contributed by atoms with E-state index in [0.717, 1.165) is 49.0 Å². The summed E-state index contributed by atoms with van der Waals surface area (Å²) in [5.74, 6) is 1.57.